The van der Waals surface area contributed by atoms with Crippen LogP contribution in [-0.4, -0.2) is 30.5 Å². The van der Waals surface area contributed by atoms with Gasteiger partial charge in [-0.2, -0.15) is 0 Å². The van der Waals surface area contributed by atoms with E-state index in [4.69, 9.17) is 5.73 Å². The van der Waals surface area contributed by atoms with Crippen molar-refractivity contribution in [2.75, 3.05) is 29.9 Å². The Labute approximate surface area is 114 Å². The Morgan fingerprint density at radius 3 is 2.79 bits per heavy atom. The van der Waals surface area contributed by atoms with Gasteiger partial charge in [0.1, 0.15) is 5.82 Å². The van der Waals surface area contributed by atoms with Crippen molar-refractivity contribution in [1.29, 1.82) is 0 Å². The smallest absolute Gasteiger partial charge is 0.225 e. The molecule has 5 heteroatoms. The molecule has 1 aliphatic heterocycles. The van der Waals surface area contributed by atoms with Crippen molar-refractivity contribution in [1.82, 2.24) is 4.98 Å². The number of hydrogen-bond acceptors (Lipinski definition) is 4. The molecule has 0 bridgehead atoms. The summed E-state index contributed by atoms with van der Waals surface area (Å²) in [4.78, 5) is 18.1. The first-order valence-electron chi connectivity index (χ1n) is 6.90. The molecule has 2 heterocycles. The number of carbonyl (C=O) groups excluding carboxylic acids is 1. The Balaban J connectivity index is 1.92. The van der Waals surface area contributed by atoms with Gasteiger partial charge in [-0.05, 0) is 30.9 Å². The second kappa shape index (κ2) is 6.52. The highest BCUT2D eigenvalue weighted by Gasteiger charge is 2.16. The first-order valence-corrected chi connectivity index (χ1v) is 6.90. The van der Waals surface area contributed by atoms with E-state index in [1.807, 2.05) is 12.1 Å². The van der Waals surface area contributed by atoms with Crippen LogP contribution in [0.4, 0.5) is 11.5 Å². The van der Waals surface area contributed by atoms with Gasteiger partial charge in [-0.3, -0.25) is 4.79 Å². The molecule has 0 aliphatic carbocycles. The van der Waals surface area contributed by atoms with Gasteiger partial charge in [-0.15, -0.1) is 0 Å². The van der Waals surface area contributed by atoms with Gasteiger partial charge >= 0.3 is 0 Å². The van der Waals surface area contributed by atoms with Crippen LogP contribution in [0, 0.1) is 5.92 Å². The molecule has 1 saturated heterocycles. The highest BCUT2D eigenvalue weighted by molar-refractivity contribution is 5.90. The third-order valence-corrected chi connectivity index (χ3v) is 3.51. The number of carbonyl (C=O) groups is 1. The van der Waals surface area contributed by atoms with Gasteiger partial charge in [-0.25, -0.2) is 4.98 Å². The summed E-state index contributed by atoms with van der Waals surface area (Å²) in [6, 6.07) is 3.86. The van der Waals surface area contributed by atoms with Crippen molar-refractivity contribution in [3.05, 3.63) is 18.3 Å². The molecule has 19 heavy (non-hydrogen) atoms. The topological polar surface area (TPSA) is 71.2 Å². The molecular weight excluding hydrogens is 240 g/mol. The molecule has 1 aromatic rings. The first kappa shape index (κ1) is 13.8. The normalized spacial score (nSPS) is 16.4. The summed E-state index contributed by atoms with van der Waals surface area (Å²) in [6.07, 6.45) is 4.49. The van der Waals surface area contributed by atoms with Crippen molar-refractivity contribution in [3.63, 3.8) is 0 Å². The van der Waals surface area contributed by atoms with E-state index in [9.17, 15) is 4.79 Å². The molecule has 0 aromatic carbocycles. The number of hydrogen-bond donors (Lipinski definition) is 2. The van der Waals surface area contributed by atoms with Crippen molar-refractivity contribution < 1.29 is 4.79 Å². The lowest BCUT2D eigenvalue weighted by molar-refractivity contribution is -0.116. The van der Waals surface area contributed by atoms with Gasteiger partial charge in [0.25, 0.3) is 0 Å². The number of piperidine rings is 1. The maximum Gasteiger partial charge on any atom is 0.225 e. The second-order valence-electron chi connectivity index (χ2n) is 5.16. The van der Waals surface area contributed by atoms with Gasteiger partial charge in [0, 0.05) is 26.1 Å². The summed E-state index contributed by atoms with van der Waals surface area (Å²) in [5.41, 5.74) is 6.06. The quantitative estimate of drug-likeness (QED) is 0.864. The molecule has 0 radical (unpaired) electrons. The molecule has 0 saturated carbocycles. The fourth-order valence-electron chi connectivity index (χ4n) is 2.24. The molecule has 104 valence electrons. The van der Waals surface area contributed by atoms with Crippen LogP contribution in [-0.2, 0) is 4.79 Å². The van der Waals surface area contributed by atoms with Crippen LogP contribution in [0.2, 0.25) is 0 Å². The van der Waals surface area contributed by atoms with Gasteiger partial charge in [0.15, 0.2) is 0 Å². The van der Waals surface area contributed by atoms with E-state index in [0.29, 0.717) is 13.0 Å². The maximum atomic E-state index is 11.4. The molecule has 1 fully saturated rings. The van der Waals surface area contributed by atoms with E-state index in [1.165, 1.54) is 12.8 Å². The van der Waals surface area contributed by atoms with E-state index in [1.54, 1.807) is 6.20 Å². The Hall–Kier alpha value is -1.62. The summed E-state index contributed by atoms with van der Waals surface area (Å²) in [5.74, 6) is 1.73. The highest BCUT2D eigenvalue weighted by Crippen LogP contribution is 2.22. The maximum absolute atomic E-state index is 11.4. The molecule has 0 atom stereocenters. The number of nitrogens with two attached hydrogens (primary N) is 1. The van der Waals surface area contributed by atoms with Crippen LogP contribution in [0.15, 0.2) is 18.3 Å². The van der Waals surface area contributed by atoms with Crippen LogP contribution >= 0.6 is 0 Å². The van der Waals surface area contributed by atoms with Gasteiger partial charge < -0.3 is 16.0 Å². The van der Waals surface area contributed by atoms with Crippen LogP contribution in [0.25, 0.3) is 0 Å². The summed E-state index contributed by atoms with van der Waals surface area (Å²) >= 11 is 0. The third-order valence-electron chi connectivity index (χ3n) is 3.51. The van der Waals surface area contributed by atoms with Crippen molar-refractivity contribution >= 4 is 17.4 Å². The number of nitrogens with one attached hydrogen (secondary N) is 1. The van der Waals surface area contributed by atoms with Gasteiger partial charge in [0.2, 0.25) is 5.91 Å². The summed E-state index contributed by atoms with van der Waals surface area (Å²) in [7, 11) is 0. The molecular formula is C14H22N4O. The van der Waals surface area contributed by atoms with E-state index < -0.39 is 0 Å². The molecule has 3 N–H and O–H groups in total. The fraction of sp³-hybridized carbons (Fsp3) is 0.571. The average molecular weight is 262 g/mol. The predicted molar refractivity (Wildman–Crippen MR) is 77.1 cm³/mol. The molecule has 1 aliphatic rings. The van der Waals surface area contributed by atoms with Crippen LogP contribution in [0.1, 0.15) is 26.2 Å². The van der Waals surface area contributed by atoms with Crippen LogP contribution < -0.4 is 16.0 Å². The first-order chi connectivity index (χ1) is 9.19. The number of rotatable bonds is 4. The Morgan fingerprint density at radius 2 is 2.21 bits per heavy atom. The largest absolute Gasteiger partial charge is 0.357 e. The van der Waals surface area contributed by atoms with Gasteiger partial charge in [0.05, 0.1) is 11.9 Å². The third kappa shape index (κ3) is 3.92. The number of amides is 1. The Kier molecular flexibility index (Phi) is 4.74. The molecule has 1 aromatic heterocycles. The van der Waals surface area contributed by atoms with Crippen molar-refractivity contribution in [3.8, 4) is 0 Å². The lowest BCUT2D eigenvalue weighted by atomic mass is 9.99. The lowest BCUT2D eigenvalue weighted by Crippen LogP contribution is -2.33. The zero-order chi connectivity index (χ0) is 13.7. The summed E-state index contributed by atoms with van der Waals surface area (Å²) < 4.78 is 0. The Bertz CT molecular complexity index is 410. The van der Waals surface area contributed by atoms with Crippen molar-refractivity contribution in [2.24, 2.45) is 11.7 Å². The van der Waals surface area contributed by atoms with E-state index >= 15 is 0 Å². The lowest BCUT2D eigenvalue weighted by Gasteiger charge is -2.31. The Morgan fingerprint density at radius 1 is 1.47 bits per heavy atom. The molecule has 0 unspecified atom stereocenters. The van der Waals surface area contributed by atoms with Gasteiger partial charge in [-0.1, -0.05) is 6.92 Å². The summed E-state index contributed by atoms with van der Waals surface area (Å²) in [5, 5.41) is 2.78. The SMILES string of the molecule is CC1CCN(c2ccc(NC(=O)CCN)cn2)CC1. The fourth-order valence-corrected chi connectivity index (χ4v) is 2.24. The number of aromatic nitrogens is 1. The second-order valence-corrected chi connectivity index (χ2v) is 5.16. The highest BCUT2D eigenvalue weighted by atomic mass is 16.1. The van der Waals surface area contributed by atoms with E-state index in [-0.39, 0.29) is 5.91 Å². The minimum atomic E-state index is -0.0659. The molecule has 1 amide bonds. The number of pyridine rings is 1. The molecule has 2 rings (SSSR count). The monoisotopic (exact) mass is 262 g/mol. The zero-order valence-electron chi connectivity index (χ0n) is 11.4. The molecule has 5 nitrogen and oxygen atoms in total. The zero-order valence-corrected chi connectivity index (χ0v) is 11.4. The number of anilines is 2. The van der Waals surface area contributed by atoms with Crippen LogP contribution in [0.3, 0.4) is 0 Å². The van der Waals surface area contributed by atoms with Crippen LogP contribution in [0.5, 0.6) is 0 Å². The predicted octanol–water partition coefficient (Wildman–Crippen LogP) is 1.61. The molecule has 0 spiro atoms. The van der Waals surface area contributed by atoms with E-state index in [2.05, 4.69) is 22.1 Å². The number of nitrogens with zero attached hydrogens (tertiary/aromatic N) is 2. The van der Waals surface area contributed by atoms with Crippen molar-refractivity contribution in [2.45, 2.75) is 26.2 Å². The van der Waals surface area contributed by atoms with E-state index in [0.717, 1.165) is 30.5 Å². The minimum absolute atomic E-state index is 0.0659. The average Bonchev–Trinajstić information content (AvgIpc) is 2.41. The standard InChI is InChI=1S/C14H22N4O/c1-11-5-8-18(9-6-11)13-3-2-12(10-16-13)17-14(19)4-7-15/h2-3,10-11H,4-9,15H2,1H3,(H,17,19). The minimum Gasteiger partial charge on any atom is -0.357 e. The summed E-state index contributed by atoms with van der Waals surface area (Å²) in [6.45, 7) is 4.78.